The molecule has 0 spiro atoms. The molecule has 1 atom stereocenters. The number of aromatic hydroxyl groups is 1. The van der Waals surface area contributed by atoms with Crippen molar-refractivity contribution in [2.45, 2.75) is 19.9 Å². The third-order valence-corrected chi connectivity index (χ3v) is 6.55. The summed E-state index contributed by atoms with van der Waals surface area (Å²) in [7, 11) is 0. The van der Waals surface area contributed by atoms with E-state index in [0.29, 0.717) is 26.7 Å². The molecule has 2 aromatic heterocycles. The number of fused-ring (bicyclic) bond motifs is 2. The molecule has 0 saturated heterocycles. The quantitative estimate of drug-likeness (QED) is 0.477. The summed E-state index contributed by atoms with van der Waals surface area (Å²) < 4.78 is 5.89. The maximum Gasteiger partial charge on any atom is 0.297 e. The summed E-state index contributed by atoms with van der Waals surface area (Å²) >= 11 is 7.46. The Morgan fingerprint density at radius 1 is 1.17 bits per heavy atom. The van der Waals surface area contributed by atoms with Gasteiger partial charge in [-0.2, -0.15) is 0 Å². The van der Waals surface area contributed by atoms with Gasteiger partial charge in [-0.05, 0) is 49.7 Å². The van der Waals surface area contributed by atoms with Crippen LogP contribution in [-0.2, 0) is 0 Å². The van der Waals surface area contributed by atoms with Gasteiger partial charge in [0.1, 0.15) is 11.3 Å². The summed E-state index contributed by atoms with van der Waals surface area (Å²) in [6.45, 7) is 3.79. The highest BCUT2D eigenvalue weighted by Crippen LogP contribution is 2.43. The average molecular weight is 439 g/mol. The van der Waals surface area contributed by atoms with Gasteiger partial charge < -0.3 is 9.52 Å². The van der Waals surface area contributed by atoms with Crippen molar-refractivity contribution in [1.82, 2.24) is 4.98 Å². The first-order valence-corrected chi connectivity index (χ1v) is 10.4. The van der Waals surface area contributed by atoms with Gasteiger partial charge >= 0.3 is 0 Å². The number of aromatic nitrogens is 1. The van der Waals surface area contributed by atoms with E-state index in [4.69, 9.17) is 16.0 Å². The van der Waals surface area contributed by atoms with E-state index in [1.807, 2.05) is 13.8 Å². The second-order valence-corrected chi connectivity index (χ2v) is 8.74. The van der Waals surface area contributed by atoms with Gasteiger partial charge in [-0.15, -0.1) is 11.3 Å². The molecule has 1 unspecified atom stereocenters. The molecular formula is C22H15ClN2O4S. The number of phenolic OH excluding ortho intramolecular Hbond substituents is 1. The fourth-order valence-corrected chi connectivity index (χ4v) is 4.82. The van der Waals surface area contributed by atoms with Crippen molar-refractivity contribution in [1.29, 1.82) is 0 Å². The highest BCUT2D eigenvalue weighted by molar-refractivity contribution is 7.15. The minimum Gasteiger partial charge on any atom is -0.508 e. The minimum atomic E-state index is -0.774. The van der Waals surface area contributed by atoms with Crippen molar-refractivity contribution >= 4 is 44.9 Å². The summed E-state index contributed by atoms with van der Waals surface area (Å²) in [5, 5.41) is 11.2. The van der Waals surface area contributed by atoms with Crippen LogP contribution in [0, 0.1) is 13.8 Å². The van der Waals surface area contributed by atoms with Crippen LogP contribution in [0.2, 0.25) is 5.02 Å². The summed E-state index contributed by atoms with van der Waals surface area (Å²) in [5.74, 6) is -0.428. The normalized spacial score (nSPS) is 15.8. The zero-order valence-corrected chi connectivity index (χ0v) is 17.5. The van der Waals surface area contributed by atoms with Gasteiger partial charge in [0, 0.05) is 9.90 Å². The van der Waals surface area contributed by atoms with E-state index in [1.165, 1.54) is 34.4 Å². The molecule has 6 nitrogen and oxygen atoms in total. The lowest BCUT2D eigenvalue weighted by molar-refractivity contribution is 0.0971. The highest BCUT2D eigenvalue weighted by atomic mass is 35.5. The molecule has 2 aromatic carbocycles. The number of benzene rings is 2. The summed E-state index contributed by atoms with van der Waals surface area (Å²) in [6, 6.07) is 10.4. The van der Waals surface area contributed by atoms with Crippen LogP contribution >= 0.6 is 22.9 Å². The third kappa shape index (κ3) is 2.74. The molecule has 8 heteroatoms. The molecule has 1 aliphatic heterocycles. The average Bonchev–Trinajstić information content (AvgIpc) is 3.19. The smallest absolute Gasteiger partial charge is 0.297 e. The Bertz CT molecular complexity index is 1390. The van der Waals surface area contributed by atoms with Gasteiger partial charge in [0.15, 0.2) is 10.6 Å². The van der Waals surface area contributed by atoms with E-state index in [2.05, 4.69) is 4.98 Å². The first-order chi connectivity index (χ1) is 14.3. The van der Waals surface area contributed by atoms with E-state index in [9.17, 15) is 14.7 Å². The topological polar surface area (TPSA) is 83.6 Å². The molecule has 0 bridgehead atoms. The van der Waals surface area contributed by atoms with Crippen molar-refractivity contribution in [3.05, 3.63) is 85.2 Å². The van der Waals surface area contributed by atoms with Crippen LogP contribution in [0.4, 0.5) is 5.13 Å². The van der Waals surface area contributed by atoms with Crippen LogP contribution in [0.1, 0.15) is 38.3 Å². The van der Waals surface area contributed by atoms with Gasteiger partial charge in [-0.1, -0.05) is 23.7 Å². The van der Waals surface area contributed by atoms with E-state index in [-0.39, 0.29) is 22.5 Å². The number of halogens is 1. The van der Waals surface area contributed by atoms with Crippen LogP contribution in [0.5, 0.6) is 5.75 Å². The Morgan fingerprint density at radius 3 is 2.67 bits per heavy atom. The van der Waals surface area contributed by atoms with E-state index >= 15 is 0 Å². The highest BCUT2D eigenvalue weighted by Gasteiger charge is 2.45. The third-order valence-electron chi connectivity index (χ3n) is 5.24. The van der Waals surface area contributed by atoms with Gasteiger partial charge in [-0.3, -0.25) is 14.5 Å². The van der Waals surface area contributed by atoms with Crippen LogP contribution in [0.3, 0.4) is 0 Å². The predicted octanol–water partition coefficient (Wildman–Crippen LogP) is 4.98. The monoisotopic (exact) mass is 438 g/mol. The Kier molecular flexibility index (Phi) is 4.20. The van der Waals surface area contributed by atoms with Crippen molar-refractivity contribution in [2.24, 2.45) is 0 Å². The molecular weight excluding hydrogens is 424 g/mol. The number of phenols is 1. The van der Waals surface area contributed by atoms with Crippen LogP contribution in [-0.4, -0.2) is 16.0 Å². The maximum atomic E-state index is 13.5. The number of hydrogen-bond donors (Lipinski definition) is 1. The van der Waals surface area contributed by atoms with Crippen LogP contribution in [0.15, 0.2) is 51.7 Å². The van der Waals surface area contributed by atoms with Crippen LogP contribution in [0.25, 0.3) is 11.0 Å². The number of carbonyl (C=O) groups excluding carboxylic acids is 1. The Labute approximate surface area is 180 Å². The van der Waals surface area contributed by atoms with Gasteiger partial charge in [-0.25, -0.2) is 4.98 Å². The molecule has 0 fully saturated rings. The SMILES string of the molecule is Cc1nc(N2C(=O)c3oc4ccc(Cl)cc4c(=O)c3C2c2cccc(O)c2)sc1C. The number of carbonyl (C=O) groups is 1. The Morgan fingerprint density at radius 2 is 1.97 bits per heavy atom. The number of thiazole rings is 1. The van der Waals surface area contributed by atoms with E-state index < -0.39 is 11.9 Å². The van der Waals surface area contributed by atoms with Crippen molar-refractivity contribution in [2.75, 3.05) is 4.90 Å². The minimum absolute atomic E-state index is 0.0197. The first kappa shape index (κ1) is 18.8. The molecule has 3 heterocycles. The first-order valence-electron chi connectivity index (χ1n) is 9.18. The number of nitrogens with zero attached hydrogens (tertiary/aromatic N) is 2. The van der Waals surface area contributed by atoms with Crippen molar-refractivity contribution in [3.8, 4) is 5.75 Å². The van der Waals surface area contributed by atoms with Gasteiger partial charge in [0.25, 0.3) is 5.91 Å². The van der Waals surface area contributed by atoms with E-state index in [1.54, 1.807) is 24.3 Å². The molecule has 30 heavy (non-hydrogen) atoms. The second kappa shape index (κ2) is 6.68. The lowest BCUT2D eigenvalue weighted by Gasteiger charge is -2.22. The largest absolute Gasteiger partial charge is 0.508 e. The number of aryl methyl sites for hydroxylation is 2. The lowest BCUT2D eigenvalue weighted by atomic mass is 9.98. The second-order valence-electron chi connectivity index (χ2n) is 7.13. The standard InChI is InChI=1S/C22H15ClN2O4S/c1-10-11(2)30-22(24-10)25-18(12-4-3-5-14(26)8-12)17-19(27)15-9-13(23)6-7-16(15)29-20(17)21(25)28/h3-9,18,26H,1-2H3. The molecule has 4 aromatic rings. The van der Waals surface area contributed by atoms with Gasteiger partial charge in [0.2, 0.25) is 5.76 Å². The fourth-order valence-electron chi connectivity index (χ4n) is 3.71. The fraction of sp³-hybridized carbons (Fsp3) is 0.136. The molecule has 150 valence electrons. The van der Waals surface area contributed by atoms with Crippen molar-refractivity contribution < 1.29 is 14.3 Å². The van der Waals surface area contributed by atoms with E-state index in [0.717, 1.165) is 10.6 Å². The number of rotatable bonds is 2. The zero-order valence-electron chi connectivity index (χ0n) is 16.0. The molecule has 5 rings (SSSR count). The molecule has 0 radical (unpaired) electrons. The molecule has 0 aliphatic carbocycles. The Hall–Kier alpha value is -3.16. The summed E-state index contributed by atoms with van der Waals surface area (Å²) in [4.78, 5) is 33.9. The Balaban J connectivity index is 1.84. The maximum absolute atomic E-state index is 13.5. The van der Waals surface area contributed by atoms with Gasteiger partial charge in [0.05, 0.1) is 22.7 Å². The lowest BCUT2D eigenvalue weighted by Crippen LogP contribution is -2.29. The number of hydrogen-bond acceptors (Lipinski definition) is 6. The summed E-state index contributed by atoms with van der Waals surface area (Å²) in [5.41, 5.74) is 1.57. The molecule has 1 N–H and O–H groups in total. The molecule has 1 amide bonds. The van der Waals surface area contributed by atoms with Crippen LogP contribution < -0.4 is 10.3 Å². The predicted molar refractivity (Wildman–Crippen MR) is 116 cm³/mol. The zero-order chi connectivity index (χ0) is 21.2. The van der Waals surface area contributed by atoms with Crippen molar-refractivity contribution in [3.63, 3.8) is 0 Å². The number of anilines is 1. The summed E-state index contributed by atoms with van der Waals surface area (Å²) in [6.07, 6.45) is 0. The molecule has 0 saturated carbocycles. The molecule has 1 aliphatic rings. The number of amides is 1.